The fourth-order valence-electron chi connectivity index (χ4n) is 5.71. The molecule has 4 heteroatoms. The van der Waals surface area contributed by atoms with Crippen molar-refractivity contribution in [1.82, 2.24) is 9.80 Å². The van der Waals surface area contributed by atoms with Gasteiger partial charge in [0.25, 0.3) is 0 Å². The Labute approximate surface area is 145 Å². The summed E-state index contributed by atoms with van der Waals surface area (Å²) in [4.78, 5) is 30.3. The van der Waals surface area contributed by atoms with Crippen molar-refractivity contribution >= 4 is 11.8 Å². The van der Waals surface area contributed by atoms with E-state index in [1.807, 2.05) is 4.90 Å². The minimum atomic E-state index is -0.246. The van der Waals surface area contributed by atoms with Crippen LogP contribution in [0.15, 0.2) is 0 Å². The molecule has 2 saturated carbocycles. The van der Waals surface area contributed by atoms with Gasteiger partial charge in [0.2, 0.25) is 11.8 Å². The average molecular weight is 332 g/mol. The van der Waals surface area contributed by atoms with E-state index in [0.717, 1.165) is 45.2 Å². The number of piperidine rings is 1. The van der Waals surface area contributed by atoms with Crippen LogP contribution in [0, 0.1) is 11.3 Å². The molecule has 134 valence electrons. The summed E-state index contributed by atoms with van der Waals surface area (Å²) in [6.45, 7) is 2.45. The largest absolute Gasteiger partial charge is 0.341 e. The first kappa shape index (κ1) is 16.4. The van der Waals surface area contributed by atoms with Crippen LogP contribution in [0.4, 0.5) is 0 Å². The fourth-order valence-corrected chi connectivity index (χ4v) is 5.71. The van der Waals surface area contributed by atoms with Crippen LogP contribution in [0.1, 0.15) is 77.0 Å². The minimum Gasteiger partial charge on any atom is -0.341 e. The first-order chi connectivity index (χ1) is 11.7. The van der Waals surface area contributed by atoms with E-state index in [2.05, 4.69) is 4.90 Å². The molecule has 2 amide bonds. The van der Waals surface area contributed by atoms with Gasteiger partial charge in [0, 0.05) is 31.6 Å². The Kier molecular flexibility index (Phi) is 4.57. The first-order valence-corrected chi connectivity index (χ1v) is 10.3. The molecule has 0 bridgehead atoms. The molecular weight excluding hydrogens is 300 g/mol. The van der Waals surface area contributed by atoms with Gasteiger partial charge in [-0.3, -0.25) is 9.59 Å². The van der Waals surface area contributed by atoms with Crippen LogP contribution < -0.4 is 0 Å². The molecule has 2 saturated heterocycles. The molecule has 1 unspecified atom stereocenters. The SMILES string of the molecule is O=C(C1CCCC1)N1CCC2(CCCN(C3CCCCC3)C2=O)C1. The number of carbonyl (C=O) groups excluding carboxylic acids is 2. The summed E-state index contributed by atoms with van der Waals surface area (Å²) < 4.78 is 0. The second kappa shape index (κ2) is 6.68. The molecule has 4 rings (SSSR count). The van der Waals surface area contributed by atoms with E-state index in [1.54, 1.807) is 0 Å². The van der Waals surface area contributed by atoms with Gasteiger partial charge in [-0.15, -0.1) is 0 Å². The molecule has 2 heterocycles. The van der Waals surface area contributed by atoms with E-state index in [9.17, 15) is 9.59 Å². The third-order valence-corrected chi connectivity index (χ3v) is 7.15. The number of hydrogen-bond donors (Lipinski definition) is 0. The van der Waals surface area contributed by atoms with Crippen LogP contribution >= 0.6 is 0 Å². The van der Waals surface area contributed by atoms with Gasteiger partial charge in [0.05, 0.1) is 5.41 Å². The van der Waals surface area contributed by atoms with Gasteiger partial charge in [0.15, 0.2) is 0 Å². The lowest BCUT2D eigenvalue weighted by molar-refractivity contribution is -0.149. The van der Waals surface area contributed by atoms with Crippen molar-refractivity contribution in [3.63, 3.8) is 0 Å². The Bertz CT molecular complexity index is 494. The number of likely N-dealkylation sites (tertiary alicyclic amines) is 2. The molecule has 4 nitrogen and oxygen atoms in total. The van der Waals surface area contributed by atoms with Crippen LogP contribution in [-0.2, 0) is 9.59 Å². The standard InChI is InChI=1S/C20H32N2O2/c23-18(16-7-4-5-8-16)21-14-12-20(15-21)11-6-13-22(19(20)24)17-9-2-1-3-10-17/h16-17H,1-15H2. The fraction of sp³-hybridized carbons (Fsp3) is 0.900. The van der Waals surface area contributed by atoms with Gasteiger partial charge in [-0.1, -0.05) is 32.1 Å². The van der Waals surface area contributed by atoms with Gasteiger partial charge in [-0.2, -0.15) is 0 Å². The zero-order chi connectivity index (χ0) is 16.6. The molecule has 0 aromatic heterocycles. The molecular formula is C20H32N2O2. The summed E-state index contributed by atoms with van der Waals surface area (Å²) in [5, 5.41) is 0. The lowest BCUT2D eigenvalue weighted by Gasteiger charge is -2.44. The second-order valence-electron chi connectivity index (χ2n) is 8.67. The number of rotatable bonds is 2. The smallest absolute Gasteiger partial charge is 0.230 e. The van der Waals surface area contributed by atoms with Gasteiger partial charge in [-0.25, -0.2) is 0 Å². The molecule has 4 aliphatic rings. The van der Waals surface area contributed by atoms with E-state index in [0.29, 0.717) is 24.4 Å². The molecule has 2 aliphatic heterocycles. The van der Waals surface area contributed by atoms with Crippen molar-refractivity contribution in [2.24, 2.45) is 11.3 Å². The van der Waals surface area contributed by atoms with Crippen LogP contribution in [0.3, 0.4) is 0 Å². The lowest BCUT2D eigenvalue weighted by Crippen LogP contribution is -2.54. The summed E-state index contributed by atoms with van der Waals surface area (Å²) in [6.07, 6.45) is 13.8. The average Bonchev–Trinajstić information content (AvgIpc) is 3.29. The molecule has 0 radical (unpaired) electrons. The Morgan fingerprint density at radius 3 is 2.33 bits per heavy atom. The maximum Gasteiger partial charge on any atom is 0.230 e. The quantitative estimate of drug-likeness (QED) is 0.778. The third kappa shape index (κ3) is 2.86. The van der Waals surface area contributed by atoms with Crippen molar-refractivity contribution in [3.8, 4) is 0 Å². The topological polar surface area (TPSA) is 40.6 Å². The van der Waals surface area contributed by atoms with Gasteiger partial charge in [0.1, 0.15) is 0 Å². The summed E-state index contributed by atoms with van der Waals surface area (Å²) in [5.41, 5.74) is -0.246. The highest BCUT2D eigenvalue weighted by atomic mass is 16.2. The Hall–Kier alpha value is -1.06. The molecule has 1 spiro atoms. The normalized spacial score (nSPS) is 32.9. The van der Waals surface area contributed by atoms with E-state index in [1.165, 1.54) is 44.9 Å². The first-order valence-electron chi connectivity index (χ1n) is 10.3. The molecule has 2 aliphatic carbocycles. The molecule has 24 heavy (non-hydrogen) atoms. The second-order valence-corrected chi connectivity index (χ2v) is 8.67. The van der Waals surface area contributed by atoms with Crippen molar-refractivity contribution in [2.45, 2.75) is 83.1 Å². The monoisotopic (exact) mass is 332 g/mol. The molecule has 1 atom stereocenters. The zero-order valence-electron chi connectivity index (χ0n) is 15.0. The summed E-state index contributed by atoms with van der Waals surface area (Å²) in [6, 6.07) is 0.475. The molecule has 0 N–H and O–H groups in total. The molecule has 0 aromatic rings. The van der Waals surface area contributed by atoms with Gasteiger partial charge >= 0.3 is 0 Å². The van der Waals surface area contributed by atoms with E-state index in [4.69, 9.17) is 0 Å². The predicted octanol–water partition coefficient (Wildman–Crippen LogP) is 3.35. The third-order valence-electron chi connectivity index (χ3n) is 7.15. The summed E-state index contributed by atoms with van der Waals surface area (Å²) >= 11 is 0. The highest BCUT2D eigenvalue weighted by Gasteiger charge is 2.51. The highest BCUT2D eigenvalue weighted by molar-refractivity contribution is 5.87. The number of hydrogen-bond acceptors (Lipinski definition) is 2. The Morgan fingerprint density at radius 2 is 1.58 bits per heavy atom. The van der Waals surface area contributed by atoms with Crippen molar-refractivity contribution in [2.75, 3.05) is 19.6 Å². The van der Waals surface area contributed by atoms with Crippen molar-refractivity contribution < 1.29 is 9.59 Å². The molecule has 4 fully saturated rings. The van der Waals surface area contributed by atoms with Crippen LogP contribution in [0.5, 0.6) is 0 Å². The number of carbonyl (C=O) groups is 2. The van der Waals surface area contributed by atoms with E-state index < -0.39 is 0 Å². The Balaban J connectivity index is 1.44. The van der Waals surface area contributed by atoms with Crippen molar-refractivity contribution in [3.05, 3.63) is 0 Å². The maximum absolute atomic E-state index is 13.3. The number of amides is 2. The van der Waals surface area contributed by atoms with Crippen LogP contribution in [-0.4, -0.2) is 47.3 Å². The van der Waals surface area contributed by atoms with Crippen LogP contribution in [0.2, 0.25) is 0 Å². The predicted molar refractivity (Wildman–Crippen MR) is 93.4 cm³/mol. The maximum atomic E-state index is 13.3. The van der Waals surface area contributed by atoms with E-state index >= 15 is 0 Å². The van der Waals surface area contributed by atoms with E-state index in [-0.39, 0.29) is 11.3 Å². The number of nitrogens with zero attached hydrogens (tertiary/aromatic N) is 2. The van der Waals surface area contributed by atoms with Crippen LogP contribution in [0.25, 0.3) is 0 Å². The summed E-state index contributed by atoms with van der Waals surface area (Å²) in [5.74, 6) is 0.961. The minimum absolute atomic E-state index is 0.244. The Morgan fingerprint density at radius 1 is 0.875 bits per heavy atom. The van der Waals surface area contributed by atoms with Gasteiger partial charge < -0.3 is 9.80 Å². The van der Waals surface area contributed by atoms with Crippen molar-refractivity contribution in [1.29, 1.82) is 0 Å². The lowest BCUT2D eigenvalue weighted by atomic mass is 9.77. The highest BCUT2D eigenvalue weighted by Crippen LogP contribution is 2.43. The zero-order valence-corrected chi connectivity index (χ0v) is 15.0. The van der Waals surface area contributed by atoms with Gasteiger partial charge in [-0.05, 0) is 44.9 Å². The summed E-state index contributed by atoms with van der Waals surface area (Å²) in [7, 11) is 0. The molecule has 0 aromatic carbocycles.